The Bertz CT molecular complexity index is 865. The van der Waals surface area contributed by atoms with Crippen LogP contribution in [0, 0.1) is 0 Å². The summed E-state index contributed by atoms with van der Waals surface area (Å²) in [6, 6.07) is 13.5. The summed E-state index contributed by atoms with van der Waals surface area (Å²) in [5.41, 5.74) is 1.98. The van der Waals surface area contributed by atoms with Crippen LogP contribution in [0.25, 0.3) is 0 Å². The molecular weight excluding hydrogens is 380 g/mol. The van der Waals surface area contributed by atoms with Crippen LogP contribution in [0.15, 0.2) is 48.5 Å². The minimum absolute atomic E-state index is 0.166. The number of anilines is 1. The molecule has 1 heterocycles. The summed E-state index contributed by atoms with van der Waals surface area (Å²) >= 11 is 5.88. The highest BCUT2D eigenvalue weighted by Gasteiger charge is 2.42. The third-order valence-corrected chi connectivity index (χ3v) is 4.87. The van der Waals surface area contributed by atoms with E-state index < -0.39 is 12.0 Å². The maximum absolute atomic E-state index is 12.7. The van der Waals surface area contributed by atoms with Crippen LogP contribution in [-0.4, -0.2) is 37.0 Å². The number of rotatable bonds is 7. The fourth-order valence-electron chi connectivity index (χ4n) is 3.17. The molecule has 146 valence electrons. The maximum atomic E-state index is 12.7. The van der Waals surface area contributed by atoms with Gasteiger partial charge in [-0.15, -0.1) is 0 Å². The first-order valence-electron chi connectivity index (χ1n) is 9.21. The zero-order chi connectivity index (χ0) is 20.1. The van der Waals surface area contributed by atoms with Gasteiger partial charge in [-0.25, -0.2) is 9.69 Å². The molecule has 2 aromatic carbocycles. The second kappa shape index (κ2) is 8.99. The number of nitrogens with two attached hydrogens (primary N) is 1. The van der Waals surface area contributed by atoms with Crippen molar-refractivity contribution < 1.29 is 24.4 Å². The molecule has 0 saturated carbocycles. The molecule has 2 amide bonds. The summed E-state index contributed by atoms with van der Waals surface area (Å²) < 4.78 is 4.94. The van der Waals surface area contributed by atoms with Crippen LogP contribution in [0.1, 0.15) is 29.3 Å². The molecule has 0 aromatic heterocycles. The molecule has 1 fully saturated rings. The van der Waals surface area contributed by atoms with Crippen LogP contribution in [0.3, 0.4) is 0 Å². The molecule has 1 aliphatic rings. The van der Waals surface area contributed by atoms with E-state index in [0.717, 1.165) is 12.0 Å². The van der Waals surface area contributed by atoms with Crippen molar-refractivity contribution in [2.75, 3.05) is 18.1 Å². The Morgan fingerprint density at radius 1 is 1.14 bits per heavy atom. The Kier molecular flexibility index (Phi) is 6.44. The second-order valence-electron chi connectivity index (χ2n) is 6.55. The first-order valence-corrected chi connectivity index (χ1v) is 9.59. The van der Waals surface area contributed by atoms with Gasteiger partial charge in [0.2, 0.25) is 5.91 Å². The van der Waals surface area contributed by atoms with Crippen LogP contribution in [0.2, 0.25) is 5.02 Å². The van der Waals surface area contributed by atoms with E-state index in [4.69, 9.17) is 16.3 Å². The number of esters is 1. The number of ether oxygens (including phenoxy) is 1. The van der Waals surface area contributed by atoms with Crippen molar-refractivity contribution in [2.45, 2.75) is 25.8 Å². The lowest BCUT2D eigenvalue weighted by Gasteiger charge is -2.14. The summed E-state index contributed by atoms with van der Waals surface area (Å²) in [5.74, 6) is -0.895. The number of nitrogens with zero attached hydrogens (tertiary/aromatic N) is 1. The van der Waals surface area contributed by atoms with Crippen molar-refractivity contribution in [3.8, 4) is 0 Å². The van der Waals surface area contributed by atoms with Crippen molar-refractivity contribution in [1.29, 1.82) is 0 Å². The molecule has 2 N–H and O–H groups in total. The lowest BCUT2D eigenvalue weighted by Crippen LogP contribution is -2.92. The van der Waals surface area contributed by atoms with E-state index in [2.05, 4.69) is 0 Å². The Morgan fingerprint density at radius 2 is 1.82 bits per heavy atom. The normalized spacial score (nSPS) is 16.5. The average Bonchev–Trinajstić information content (AvgIpc) is 2.97. The highest BCUT2D eigenvalue weighted by atomic mass is 35.5. The average molecular weight is 402 g/mol. The van der Waals surface area contributed by atoms with Gasteiger partial charge in [0.1, 0.15) is 0 Å². The molecule has 0 unspecified atom stereocenters. The van der Waals surface area contributed by atoms with E-state index in [1.54, 1.807) is 31.2 Å². The largest absolute Gasteiger partial charge is 0.462 e. The molecule has 7 heteroatoms. The van der Waals surface area contributed by atoms with Crippen molar-refractivity contribution in [1.82, 2.24) is 0 Å². The van der Waals surface area contributed by atoms with Gasteiger partial charge in [-0.2, -0.15) is 0 Å². The van der Waals surface area contributed by atoms with Gasteiger partial charge in [0, 0.05) is 11.4 Å². The predicted molar refractivity (Wildman–Crippen MR) is 105 cm³/mol. The summed E-state index contributed by atoms with van der Waals surface area (Å²) in [7, 11) is 0. The topological polar surface area (TPSA) is 80.3 Å². The van der Waals surface area contributed by atoms with Crippen molar-refractivity contribution >= 4 is 35.1 Å². The minimum Gasteiger partial charge on any atom is -0.462 e. The first-order chi connectivity index (χ1) is 13.5. The predicted octanol–water partition coefficient (Wildman–Crippen LogP) is 1.95. The van der Waals surface area contributed by atoms with E-state index in [1.165, 1.54) is 4.90 Å². The van der Waals surface area contributed by atoms with Crippen molar-refractivity contribution in [3.63, 3.8) is 0 Å². The molecule has 0 bridgehead atoms. The Balaban J connectivity index is 1.59. The lowest BCUT2D eigenvalue weighted by atomic mass is 10.1. The van der Waals surface area contributed by atoms with Gasteiger partial charge in [-0.1, -0.05) is 23.7 Å². The van der Waals surface area contributed by atoms with E-state index in [0.29, 0.717) is 22.8 Å². The lowest BCUT2D eigenvalue weighted by molar-refractivity contribution is -0.674. The number of amides is 2. The van der Waals surface area contributed by atoms with Crippen LogP contribution in [0.4, 0.5) is 5.69 Å². The van der Waals surface area contributed by atoms with E-state index in [1.807, 2.05) is 29.6 Å². The molecule has 1 saturated heterocycles. The molecule has 1 aliphatic heterocycles. The summed E-state index contributed by atoms with van der Waals surface area (Å²) in [5, 5.41) is 2.59. The standard InChI is InChI=1S/C21H21ClN2O4/c1-2-28-21(27)15-5-9-17(10-6-15)24-19(25)13-18(20(24)26)23-12-11-14-3-7-16(22)8-4-14/h3-10,18,23H,2,11-13H2,1H3/p+1/t18-/m1/s1. The molecule has 0 radical (unpaired) electrons. The van der Waals surface area contributed by atoms with Crippen LogP contribution in [-0.2, 0) is 20.7 Å². The molecule has 3 rings (SSSR count). The Labute approximate surface area is 168 Å². The SMILES string of the molecule is CCOC(=O)c1ccc(N2C(=O)C[C@@H]([NH2+]CCc3ccc(Cl)cc3)C2=O)cc1. The van der Waals surface area contributed by atoms with Crippen LogP contribution >= 0.6 is 11.6 Å². The molecule has 0 spiro atoms. The number of benzene rings is 2. The number of carbonyl (C=O) groups is 3. The number of carbonyl (C=O) groups excluding carboxylic acids is 3. The molecular formula is C21H22ClN2O4+. The smallest absolute Gasteiger partial charge is 0.338 e. The van der Waals surface area contributed by atoms with E-state index in [9.17, 15) is 14.4 Å². The van der Waals surface area contributed by atoms with Crippen LogP contribution < -0.4 is 10.2 Å². The number of hydrogen-bond acceptors (Lipinski definition) is 4. The monoisotopic (exact) mass is 401 g/mol. The summed E-state index contributed by atoms with van der Waals surface area (Å²) in [4.78, 5) is 38.0. The van der Waals surface area contributed by atoms with Crippen molar-refractivity contribution in [3.05, 3.63) is 64.7 Å². The van der Waals surface area contributed by atoms with E-state index >= 15 is 0 Å². The van der Waals surface area contributed by atoms with Gasteiger partial charge >= 0.3 is 5.97 Å². The zero-order valence-electron chi connectivity index (χ0n) is 15.6. The Hall–Kier alpha value is -2.70. The van der Waals surface area contributed by atoms with Gasteiger partial charge in [0.15, 0.2) is 6.04 Å². The summed E-state index contributed by atoms with van der Waals surface area (Å²) in [6.45, 7) is 2.72. The number of hydrogen-bond donors (Lipinski definition) is 1. The Morgan fingerprint density at radius 3 is 2.46 bits per heavy atom. The summed E-state index contributed by atoms with van der Waals surface area (Å²) in [6.07, 6.45) is 0.947. The first kappa shape index (κ1) is 20.0. The molecule has 6 nitrogen and oxygen atoms in total. The number of imide groups is 1. The van der Waals surface area contributed by atoms with Gasteiger partial charge in [-0.3, -0.25) is 9.59 Å². The number of halogens is 1. The third-order valence-electron chi connectivity index (χ3n) is 4.62. The molecule has 2 aromatic rings. The second-order valence-corrected chi connectivity index (χ2v) is 6.98. The number of quaternary nitrogens is 1. The highest BCUT2D eigenvalue weighted by Crippen LogP contribution is 2.22. The van der Waals surface area contributed by atoms with Gasteiger partial charge in [0.05, 0.1) is 30.8 Å². The molecule has 28 heavy (non-hydrogen) atoms. The third kappa shape index (κ3) is 4.58. The van der Waals surface area contributed by atoms with E-state index in [-0.39, 0.29) is 24.8 Å². The molecule has 1 atom stereocenters. The van der Waals surface area contributed by atoms with Gasteiger partial charge < -0.3 is 10.1 Å². The highest BCUT2D eigenvalue weighted by molar-refractivity contribution is 6.30. The van der Waals surface area contributed by atoms with Crippen LogP contribution in [0.5, 0.6) is 0 Å². The molecule has 0 aliphatic carbocycles. The quantitative estimate of drug-likeness (QED) is 0.568. The fraction of sp³-hybridized carbons (Fsp3) is 0.286. The van der Waals surface area contributed by atoms with Gasteiger partial charge in [-0.05, 0) is 48.9 Å². The fourth-order valence-corrected chi connectivity index (χ4v) is 3.30. The zero-order valence-corrected chi connectivity index (χ0v) is 16.3. The van der Waals surface area contributed by atoms with Gasteiger partial charge in [0.25, 0.3) is 5.91 Å². The maximum Gasteiger partial charge on any atom is 0.338 e. The van der Waals surface area contributed by atoms with Crippen molar-refractivity contribution in [2.24, 2.45) is 0 Å². The minimum atomic E-state index is -0.429.